The predicted molar refractivity (Wildman–Crippen MR) is 115 cm³/mol. The molecule has 2 aromatic rings. The van der Waals surface area contributed by atoms with Crippen molar-refractivity contribution >= 4 is 17.5 Å². The first-order valence-corrected chi connectivity index (χ1v) is 9.84. The molecule has 0 saturated carbocycles. The number of amides is 2. The third-order valence-electron chi connectivity index (χ3n) is 4.37. The molecule has 156 valence electrons. The Bertz CT molecular complexity index is 803. The third kappa shape index (κ3) is 7.14. The number of hydrogen-bond donors (Lipinski definition) is 1. The van der Waals surface area contributed by atoms with Crippen molar-refractivity contribution in [3.05, 3.63) is 54.1 Å². The number of carbonyl (C=O) groups is 2. The van der Waals surface area contributed by atoms with E-state index < -0.39 is 0 Å². The minimum Gasteiger partial charge on any atom is -0.496 e. The van der Waals surface area contributed by atoms with E-state index in [0.29, 0.717) is 19.5 Å². The maximum absolute atomic E-state index is 12.2. The summed E-state index contributed by atoms with van der Waals surface area (Å²) in [5, 5.41) is 2.91. The van der Waals surface area contributed by atoms with E-state index in [1.807, 2.05) is 62.4 Å². The molecular formula is C23H30N2O4. The van der Waals surface area contributed by atoms with Crippen LogP contribution in [0, 0.1) is 0 Å². The van der Waals surface area contributed by atoms with E-state index in [2.05, 4.69) is 5.32 Å². The van der Waals surface area contributed by atoms with Gasteiger partial charge in [0.2, 0.25) is 11.8 Å². The minimum atomic E-state index is -0.107. The summed E-state index contributed by atoms with van der Waals surface area (Å²) < 4.78 is 10.9. The average molecular weight is 399 g/mol. The molecule has 0 bridgehead atoms. The van der Waals surface area contributed by atoms with Crippen LogP contribution in [-0.4, -0.2) is 38.1 Å². The highest BCUT2D eigenvalue weighted by Crippen LogP contribution is 2.21. The summed E-state index contributed by atoms with van der Waals surface area (Å²) in [6.45, 7) is 6.25. The predicted octanol–water partition coefficient (Wildman–Crippen LogP) is 3.58. The number of hydrogen-bond acceptors (Lipinski definition) is 4. The van der Waals surface area contributed by atoms with Crippen molar-refractivity contribution in [1.29, 1.82) is 0 Å². The van der Waals surface area contributed by atoms with Gasteiger partial charge in [-0.05, 0) is 56.2 Å². The van der Waals surface area contributed by atoms with Crippen molar-refractivity contribution in [2.75, 3.05) is 25.1 Å². The van der Waals surface area contributed by atoms with Crippen LogP contribution in [0.1, 0.15) is 32.8 Å². The molecule has 0 heterocycles. The Morgan fingerprint density at radius 2 is 1.76 bits per heavy atom. The van der Waals surface area contributed by atoms with Crippen LogP contribution in [0.15, 0.2) is 48.5 Å². The van der Waals surface area contributed by atoms with Gasteiger partial charge in [0.1, 0.15) is 11.5 Å². The molecule has 0 aliphatic rings. The maximum atomic E-state index is 12.2. The van der Waals surface area contributed by atoms with Crippen LogP contribution in [0.3, 0.4) is 0 Å². The van der Waals surface area contributed by atoms with E-state index in [1.54, 1.807) is 12.0 Å². The second-order valence-corrected chi connectivity index (χ2v) is 6.99. The van der Waals surface area contributed by atoms with E-state index in [0.717, 1.165) is 22.7 Å². The number of benzene rings is 2. The molecular weight excluding hydrogens is 368 g/mol. The van der Waals surface area contributed by atoms with Gasteiger partial charge in [0.05, 0.1) is 13.2 Å². The highest BCUT2D eigenvalue weighted by Gasteiger charge is 2.14. The molecule has 2 aromatic carbocycles. The lowest BCUT2D eigenvalue weighted by Gasteiger charge is -2.21. The lowest BCUT2D eigenvalue weighted by molar-refractivity contribution is -0.121. The van der Waals surface area contributed by atoms with Gasteiger partial charge in [-0.15, -0.1) is 0 Å². The molecule has 0 atom stereocenters. The van der Waals surface area contributed by atoms with Gasteiger partial charge in [-0.3, -0.25) is 9.59 Å². The van der Waals surface area contributed by atoms with E-state index in [4.69, 9.17) is 9.47 Å². The first-order valence-electron chi connectivity index (χ1n) is 9.84. The highest BCUT2D eigenvalue weighted by atomic mass is 16.5. The standard InChI is InChI=1S/C23H30N2O4/c1-17(2)29-21-11-9-20(10-12-21)25(18(3)26)16-14-23(27)24-15-13-19-7-5-6-8-22(19)28-4/h5-12,17H,13-16H2,1-4H3,(H,24,27). The maximum Gasteiger partial charge on any atom is 0.223 e. The molecule has 0 radical (unpaired) electrons. The number of carbonyl (C=O) groups excluding carboxylic acids is 2. The van der Waals surface area contributed by atoms with Crippen molar-refractivity contribution < 1.29 is 19.1 Å². The average Bonchev–Trinajstić information content (AvgIpc) is 2.69. The van der Waals surface area contributed by atoms with Crippen molar-refractivity contribution in [2.24, 2.45) is 0 Å². The van der Waals surface area contributed by atoms with Gasteiger partial charge in [-0.25, -0.2) is 0 Å². The Morgan fingerprint density at radius 3 is 2.38 bits per heavy atom. The van der Waals surface area contributed by atoms with E-state index in [9.17, 15) is 9.59 Å². The van der Waals surface area contributed by atoms with Crippen LogP contribution in [0.25, 0.3) is 0 Å². The van der Waals surface area contributed by atoms with Gasteiger partial charge < -0.3 is 19.7 Å². The third-order valence-corrected chi connectivity index (χ3v) is 4.37. The van der Waals surface area contributed by atoms with Crippen LogP contribution in [0.5, 0.6) is 11.5 Å². The van der Waals surface area contributed by atoms with Crippen LogP contribution < -0.4 is 19.7 Å². The van der Waals surface area contributed by atoms with Gasteiger partial charge in [0, 0.05) is 32.1 Å². The van der Waals surface area contributed by atoms with Gasteiger partial charge >= 0.3 is 0 Å². The summed E-state index contributed by atoms with van der Waals surface area (Å²) in [5.74, 6) is 1.37. The SMILES string of the molecule is COc1ccccc1CCNC(=O)CCN(C(C)=O)c1ccc(OC(C)C)cc1. The molecule has 2 rings (SSSR count). The number of methoxy groups -OCH3 is 1. The lowest BCUT2D eigenvalue weighted by atomic mass is 10.1. The Kier molecular flexibility index (Phi) is 8.52. The first kappa shape index (κ1) is 22.3. The molecule has 0 unspecified atom stereocenters. The summed E-state index contributed by atoms with van der Waals surface area (Å²) >= 11 is 0. The fourth-order valence-corrected chi connectivity index (χ4v) is 2.99. The number of rotatable bonds is 10. The number of nitrogens with one attached hydrogen (secondary N) is 1. The summed E-state index contributed by atoms with van der Waals surface area (Å²) in [4.78, 5) is 25.9. The molecule has 0 saturated heterocycles. The Balaban J connectivity index is 1.85. The second kappa shape index (κ2) is 11.1. The fourth-order valence-electron chi connectivity index (χ4n) is 2.99. The van der Waals surface area contributed by atoms with E-state index in [-0.39, 0.29) is 24.3 Å². The highest BCUT2D eigenvalue weighted by molar-refractivity contribution is 5.92. The molecule has 0 aromatic heterocycles. The summed E-state index contributed by atoms with van der Waals surface area (Å²) in [6.07, 6.45) is 1.00. The molecule has 0 spiro atoms. The van der Waals surface area contributed by atoms with Crippen molar-refractivity contribution in [1.82, 2.24) is 5.32 Å². The number of nitrogens with zero attached hydrogens (tertiary/aromatic N) is 1. The van der Waals surface area contributed by atoms with E-state index in [1.165, 1.54) is 6.92 Å². The van der Waals surface area contributed by atoms with Crippen LogP contribution in [0.2, 0.25) is 0 Å². The van der Waals surface area contributed by atoms with Crippen molar-refractivity contribution in [3.8, 4) is 11.5 Å². The molecule has 0 aliphatic carbocycles. The molecule has 29 heavy (non-hydrogen) atoms. The smallest absolute Gasteiger partial charge is 0.223 e. The normalized spacial score (nSPS) is 10.5. The van der Waals surface area contributed by atoms with Crippen molar-refractivity contribution in [3.63, 3.8) is 0 Å². The molecule has 2 amide bonds. The van der Waals surface area contributed by atoms with Gasteiger partial charge in [0.15, 0.2) is 0 Å². The van der Waals surface area contributed by atoms with E-state index >= 15 is 0 Å². The van der Waals surface area contributed by atoms with Gasteiger partial charge in [0.25, 0.3) is 0 Å². The Labute approximate surface area is 172 Å². The summed E-state index contributed by atoms with van der Waals surface area (Å²) in [7, 11) is 1.63. The first-order chi connectivity index (χ1) is 13.9. The van der Waals surface area contributed by atoms with Gasteiger partial charge in [-0.1, -0.05) is 18.2 Å². The minimum absolute atomic E-state index is 0.0873. The molecule has 1 N–H and O–H groups in total. The van der Waals surface area contributed by atoms with Crippen LogP contribution in [-0.2, 0) is 16.0 Å². The molecule has 6 nitrogen and oxygen atoms in total. The molecule has 6 heteroatoms. The number of para-hydroxylation sites is 1. The molecule has 0 aliphatic heterocycles. The summed E-state index contributed by atoms with van der Waals surface area (Å²) in [5.41, 5.74) is 1.79. The van der Waals surface area contributed by atoms with Crippen molar-refractivity contribution in [2.45, 2.75) is 39.7 Å². The second-order valence-electron chi connectivity index (χ2n) is 6.99. The summed E-state index contributed by atoms with van der Waals surface area (Å²) in [6, 6.07) is 15.1. The largest absolute Gasteiger partial charge is 0.496 e. The number of anilines is 1. The lowest BCUT2D eigenvalue weighted by Crippen LogP contribution is -2.34. The topological polar surface area (TPSA) is 67.9 Å². The van der Waals surface area contributed by atoms with Crippen LogP contribution in [0.4, 0.5) is 5.69 Å². The fraction of sp³-hybridized carbons (Fsp3) is 0.391. The quantitative estimate of drug-likeness (QED) is 0.664. The van der Waals surface area contributed by atoms with Gasteiger partial charge in [-0.2, -0.15) is 0 Å². The molecule has 0 fully saturated rings. The zero-order chi connectivity index (χ0) is 21.2. The monoisotopic (exact) mass is 398 g/mol. The zero-order valence-electron chi connectivity index (χ0n) is 17.6. The number of ether oxygens (including phenoxy) is 2. The Morgan fingerprint density at radius 1 is 1.07 bits per heavy atom. The zero-order valence-corrected chi connectivity index (χ0v) is 17.6. The van der Waals surface area contributed by atoms with Crippen LogP contribution >= 0.6 is 0 Å². The Hall–Kier alpha value is -3.02.